The number of amides is 1. The van der Waals surface area contributed by atoms with E-state index in [1.807, 2.05) is 48.2 Å². The first-order valence-electron chi connectivity index (χ1n) is 8.65. The number of nitrogens with one attached hydrogen (secondary N) is 1. The highest BCUT2D eigenvalue weighted by Gasteiger charge is 2.26. The molecule has 3 aromatic heterocycles. The van der Waals surface area contributed by atoms with Crippen LogP contribution in [-0.4, -0.2) is 49.6 Å². The largest absolute Gasteiger partial charge is 0.322 e. The summed E-state index contributed by atoms with van der Waals surface area (Å²) in [7, 11) is 2.01. The van der Waals surface area contributed by atoms with Gasteiger partial charge in [-0.1, -0.05) is 12.5 Å². The van der Waals surface area contributed by atoms with Crippen molar-refractivity contribution in [2.45, 2.75) is 31.8 Å². The van der Waals surface area contributed by atoms with E-state index in [0.717, 1.165) is 42.8 Å². The molecule has 1 saturated heterocycles. The predicted octanol–water partition coefficient (Wildman–Crippen LogP) is 2.00. The van der Waals surface area contributed by atoms with E-state index in [-0.39, 0.29) is 11.9 Å². The number of fused-ring (bicyclic) bond motifs is 1. The summed E-state index contributed by atoms with van der Waals surface area (Å²) in [6, 6.07) is 5.87. The standard InChI is InChI=1S/C18H22N6O/c1-22-8-4-2-6-16(22)18(25)21-14-10-19-24(12-14)13-15-11-23-9-5-3-7-17(23)20-15/h3,5,7,9-12,16H,2,4,6,8,13H2,1H3,(H,21,25). The quantitative estimate of drug-likeness (QED) is 0.790. The molecule has 7 nitrogen and oxygen atoms in total. The average Bonchev–Trinajstić information content (AvgIpc) is 3.21. The number of anilines is 1. The van der Waals surface area contributed by atoms with Crippen LogP contribution >= 0.6 is 0 Å². The third-order valence-electron chi connectivity index (χ3n) is 4.71. The molecule has 3 aromatic rings. The molecule has 0 radical (unpaired) electrons. The van der Waals surface area contributed by atoms with Crippen molar-refractivity contribution < 1.29 is 4.79 Å². The van der Waals surface area contributed by atoms with Crippen LogP contribution in [0.15, 0.2) is 43.0 Å². The van der Waals surface area contributed by atoms with Gasteiger partial charge in [0.15, 0.2) is 0 Å². The molecule has 0 aliphatic carbocycles. The Morgan fingerprint density at radius 2 is 2.24 bits per heavy atom. The lowest BCUT2D eigenvalue weighted by Gasteiger charge is -2.30. The average molecular weight is 338 g/mol. The number of imidazole rings is 1. The maximum atomic E-state index is 12.5. The zero-order valence-electron chi connectivity index (χ0n) is 14.3. The summed E-state index contributed by atoms with van der Waals surface area (Å²) in [4.78, 5) is 19.2. The molecule has 0 saturated carbocycles. The summed E-state index contributed by atoms with van der Waals surface area (Å²) >= 11 is 0. The minimum Gasteiger partial charge on any atom is -0.322 e. The van der Waals surface area contributed by atoms with Gasteiger partial charge in [-0.25, -0.2) is 4.98 Å². The molecule has 1 aliphatic rings. The monoisotopic (exact) mass is 338 g/mol. The van der Waals surface area contributed by atoms with Crippen molar-refractivity contribution in [3.05, 3.63) is 48.7 Å². The van der Waals surface area contributed by atoms with E-state index in [1.54, 1.807) is 10.9 Å². The first kappa shape index (κ1) is 15.8. The SMILES string of the molecule is CN1CCCCC1C(=O)Nc1cnn(Cc2cn3ccccc3n2)c1. The fourth-order valence-electron chi connectivity index (χ4n) is 3.38. The molecule has 130 valence electrons. The molecule has 1 atom stereocenters. The number of aromatic nitrogens is 4. The summed E-state index contributed by atoms with van der Waals surface area (Å²) in [5.41, 5.74) is 2.57. The summed E-state index contributed by atoms with van der Waals surface area (Å²) in [6.45, 7) is 1.55. The fraction of sp³-hybridized carbons (Fsp3) is 0.389. The van der Waals surface area contributed by atoms with Gasteiger partial charge in [0.1, 0.15) is 5.65 Å². The number of hydrogen-bond acceptors (Lipinski definition) is 4. The molecule has 0 aromatic carbocycles. The van der Waals surface area contributed by atoms with E-state index in [9.17, 15) is 4.79 Å². The highest BCUT2D eigenvalue weighted by molar-refractivity contribution is 5.94. The molecule has 4 rings (SSSR count). The molecule has 0 bridgehead atoms. The van der Waals surface area contributed by atoms with Gasteiger partial charge in [0, 0.05) is 18.6 Å². The number of likely N-dealkylation sites (N-methyl/N-ethyl adjacent to an activating group) is 1. The highest BCUT2D eigenvalue weighted by atomic mass is 16.2. The minimum atomic E-state index is -0.0458. The molecule has 1 unspecified atom stereocenters. The number of pyridine rings is 1. The van der Waals surface area contributed by atoms with E-state index in [0.29, 0.717) is 6.54 Å². The summed E-state index contributed by atoms with van der Waals surface area (Å²) < 4.78 is 3.78. The molecule has 0 spiro atoms. The van der Waals surface area contributed by atoms with E-state index in [2.05, 4.69) is 20.3 Å². The molecular formula is C18H22N6O. The Bertz CT molecular complexity index is 849. The van der Waals surface area contributed by atoms with Crippen molar-refractivity contribution >= 4 is 17.2 Å². The third kappa shape index (κ3) is 3.41. The second-order valence-electron chi connectivity index (χ2n) is 6.61. The summed E-state index contributed by atoms with van der Waals surface area (Å²) in [5, 5.41) is 7.32. The molecule has 1 aliphatic heterocycles. The van der Waals surface area contributed by atoms with Crippen LogP contribution in [0.25, 0.3) is 5.65 Å². The van der Waals surface area contributed by atoms with Gasteiger partial charge in [0.25, 0.3) is 0 Å². The molecule has 25 heavy (non-hydrogen) atoms. The number of hydrogen-bond donors (Lipinski definition) is 1. The third-order valence-corrected chi connectivity index (χ3v) is 4.71. The summed E-state index contributed by atoms with van der Waals surface area (Å²) in [6.07, 6.45) is 10.7. The van der Waals surface area contributed by atoms with Crippen LogP contribution in [-0.2, 0) is 11.3 Å². The van der Waals surface area contributed by atoms with E-state index >= 15 is 0 Å². The predicted molar refractivity (Wildman–Crippen MR) is 95.4 cm³/mol. The number of piperidine rings is 1. The Morgan fingerprint density at radius 1 is 1.32 bits per heavy atom. The molecule has 1 amide bonds. The van der Waals surface area contributed by atoms with Gasteiger partial charge in [-0.15, -0.1) is 0 Å². The van der Waals surface area contributed by atoms with Crippen LogP contribution in [0, 0.1) is 0 Å². The van der Waals surface area contributed by atoms with Gasteiger partial charge >= 0.3 is 0 Å². The Morgan fingerprint density at radius 3 is 3.08 bits per heavy atom. The Balaban J connectivity index is 1.42. The molecule has 1 fully saturated rings. The zero-order valence-corrected chi connectivity index (χ0v) is 14.3. The maximum Gasteiger partial charge on any atom is 0.241 e. The van der Waals surface area contributed by atoms with Crippen LogP contribution in [0.2, 0.25) is 0 Å². The molecule has 4 heterocycles. The first-order chi connectivity index (χ1) is 12.2. The molecular weight excluding hydrogens is 316 g/mol. The highest BCUT2D eigenvalue weighted by Crippen LogP contribution is 2.17. The van der Waals surface area contributed by atoms with Gasteiger partial charge in [0.05, 0.1) is 30.2 Å². The lowest BCUT2D eigenvalue weighted by Crippen LogP contribution is -2.44. The van der Waals surface area contributed by atoms with Crippen molar-refractivity contribution in [1.29, 1.82) is 0 Å². The second kappa shape index (κ2) is 6.68. The number of carbonyl (C=O) groups excluding carboxylic acids is 1. The number of likely N-dealkylation sites (tertiary alicyclic amines) is 1. The topological polar surface area (TPSA) is 67.5 Å². The first-order valence-corrected chi connectivity index (χ1v) is 8.65. The van der Waals surface area contributed by atoms with E-state index < -0.39 is 0 Å². The zero-order chi connectivity index (χ0) is 17.2. The van der Waals surface area contributed by atoms with Crippen molar-refractivity contribution in [2.75, 3.05) is 18.9 Å². The fourth-order valence-corrected chi connectivity index (χ4v) is 3.38. The smallest absolute Gasteiger partial charge is 0.241 e. The van der Waals surface area contributed by atoms with E-state index in [1.165, 1.54) is 0 Å². The van der Waals surface area contributed by atoms with Crippen LogP contribution in [0.3, 0.4) is 0 Å². The van der Waals surface area contributed by atoms with Gasteiger partial charge in [-0.2, -0.15) is 5.10 Å². The van der Waals surface area contributed by atoms with Crippen molar-refractivity contribution in [3.63, 3.8) is 0 Å². The minimum absolute atomic E-state index is 0.0458. The van der Waals surface area contributed by atoms with Crippen LogP contribution in [0.5, 0.6) is 0 Å². The van der Waals surface area contributed by atoms with E-state index in [4.69, 9.17) is 0 Å². The van der Waals surface area contributed by atoms with Crippen LogP contribution in [0.4, 0.5) is 5.69 Å². The van der Waals surface area contributed by atoms with Crippen molar-refractivity contribution in [1.82, 2.24) is 24.1 Å². The maximum absolute atomic E-state index is 12.5. The second-order valence-corrected chi connectivity index (χ2v) is 6.61. The van der Waals surface area contributed by atoms with Gasteiger partial charge < -0.3 is 9.72 Å². The lowest BCUT2D eigenvalue weighted by molar-refractivity contribution is -0.121. The normalized spacial score (nSPS) is 18.5. The Labute approximate surface area is 146 Å². The molecule has 7 heteroatoms. The van der Waals surface area contributed by atoms with Crippen LogP contribution < -0.4 is 5.32 Å². The van der Waals surface area contributed by atoms with Crippen molar-refractivity contribution in [2.24, 2.45) is 0 Å². The lowest BCUT2D eigenvalue weighted by atomic mass is 10.0. The van der Waals surface area contributed by atoms with Crippen LogP contribution in [0.1, 0.15) is 25.0 Å². The number of carbonyl (C=O) groups is 1. The van der Waals surface area contributed by atoms with Gasteiger partial charge in [0.2, 0.25) is 5.91 Å². The Kier molecular flexibility index (Phi) is 4.23. The molecule has 1 N–H and O–H groups in total. The summed E-state index contributed by atoms with van der Waals surface area (Å²) in [5.74, 6) is 0.0504. The van der Waals surface area contributed by atoms with Gasteiger partial charge in [-0.3, -0.25) is 14.4 Å². The Hall–Kier alpha value is -2.67. The number of rotatable bonds is 4. The van der Waals surface area contributed by atoms with Gasteiger partial charge in [-0.05, 0) is 38.6 Å². The number of nitrogens with zero attached hydrogens (tertiary/aromatic N) is 5. The van der Waals surface area contributed by atoms with Crippen molar-refractivity contribution in [3.8, 4) is 0 Å².